The zero-order chi connectivity index (χ0) is 25.6. The van der Waals surface area contributed by atoms with Gasteiger partial charge in [0.2, 0.25) is 0 Å². The summed E-state index contributed by atoms with van der Waals surface area (Å²) in [7, 11) is -1.67. The van der Waals surface area contributed by atoms with Crippen molar-refractivity contribution in [3.05, 3.63) is 101 Å². The average Bonchev–Trinajstić information content (AvgIpc) is 3.45. The topological polar surface area (TPSA) is 65.4 Å². The van der Waals surface area contributed by atoms with E-state index in [0.717, 1.165) is 41.7 Å². The maximum atomic E-state index is 13.7. The number of halogens is 1. The maximum Gasteiger partial charge on any atom is 0.133 e. The van der Waals surface area contributed by atoms with Gasteiger partial charge in [0.15, 0.2) is 0 Å². The molecule has 4 aromatic carbocycles. The minimum Gasteiger partial charge on any atom is -0.492 e. The molecule has 2 N–H and O–H groups in total. The normalized spacial score (nSPS) is 14.5. The van der Waals surface area contributed by atoms with Crippen LogP contribution in [0.3, 0.4) is 0 Å². The third kappa shape index (κ3) is 6.21. The minimum atomic E-state index is -1.67. The summed E-state index contributed by atoms with van der Waals surface area (Å²) in [5, 5.41) is 15.0. The van der Waals surface area contributed by atoms with Crippen molar-refractivity contribution in [3.8, 4) is 5.75 Å². The van der Waals surface area contributed by atoms with E-state index in [2.05, 4.69) is 10.2 Å². The Morgan fingerprint density at radius 3 is 2.59 bits per heavy atom. The molecule has 0 spiro atoms. The van der Waals surface area contributed by atoms with Gasteiger partial charge in [0.1, 0.15) is 28.2 Å². The summed E-state index contributed by atoms with van der Waals surface area (Å²) in [4.78, 5) is 3.03. The highest BCUT2D eigenvalue weighted by Gasteiger charge is 2.20. The Morgan fingerprint density at radius 1 is 0.973 bits per heavy atom. The summed E-state index contributed by atoms with van der Waals surface area (Å²) in [6, 6.07) is 26.8. The van der Waals surface area contributed by atoms with Gasteiger partial charge in [-0.15, -0.1) is 0 Å². The molecule has 5 nitrogen and oxygen atoms in total. The number of hydrogen-bond acceptors (Lipinski definition) is 5. The first-order chi connectivity index (χ1) is 18.1. The summed E-state index contributed by atoms with van der Waals surface area (Å²) in [5.41, 5.74) is 2.31. The van der Waals surface area contributed by atoms with Crippen LogP contribution in [-0.4, -0.2) is 40.4 Å². The van der Waals surface area contributed by atoms with E-state index in [4.69, 9.17) is 21.7 Å². The SMILES string of the molecule is N=C(c1cc(OCCN2CCCC2)ccc1NCc1cccc(Cl)c1)S(=O)c1cccc2ccccc12. The van der Waals surface area contributed by atoms with E-state index in [9.17, 15) is 4.21 Å². The van der Waals surface area contributed by atoms with E-state index in [1.807, 2.05) is 84.9 Å². The van der Waals surface area contributed by atoms with Crippen LogP contribution in [0.15, 0.2) is 89.8 Å². The Bertz CT molecular complexity index is 1430. The molecule has 1 aliphatic heterocycles. The predicted molar refractivity (Wildman–Crippen MR) is 154 cm³/mol. The molecule has 1 heterocycles. The summed E-state index contributed by atoms with van der Waals surface area (Å²) in [6.45, 7) is 4.22. The van der Waals surface area contributed by atoms with Crippen molar-refractivity contribution >= 4 is 43.9 Å². The van der Waals surface area contributed by atoms with Crippen molar-refractivity contribution in [2.75, 3.05) is 31.6 Å². The predicted octanol–water partition coefficient (Wildman–Crippen LogP) is 6.71. The molecule has 0 saturated carbocycles. The van der Waals surface area contributed by atoms with Gasteiger partial charge in [0.25, 0.3) is 0 Å². The van der Waals surface area contributed by atoms with Crippen molar-refractivity contribution in [2.24, 2.45) is 0 Å². The number of anilines is 1. The molecule has 5 rings (SSSR count). The highest BCUT2D eigenvalue weighted by molar-refractivity contribution is 8.01. The molecule has 1 fully saturated rings. The van der Waals surface area contributed by atoms with Crippen LogP contribution in [0.4, 0.5) is 5.69 Å². The van der Waals surface area contributed by atoms with Gasteiger partial charge in [0, 0.05) is 29.4 Å². The van der Waals surface area contributed by atoms with Crippen molar-refractivity contribution < 1.29 is 8.95 Å². The van der Waals surface area contributed by atoms with Gasteiger partial charge in [-0.25, -0.2) is 4.21 Å². The van der Waals surface area contributed by atoms with Crippen molar-refractivity contribution in [2.45, 2.75) is 24.3 Å². The zero-order valence-electron chi connectivity index (χ0n) is 20.6. The fraction of sp³-hybridized carbons (Fsp3) is 0.233. The molecule has 0 amide bonds. The Kier molecular flexibility index (Phi) is 8.19. The van der Waals surface area contributed by atoms with Crippen molar-refractivity contribution in [1.29, 1.82) is 5.41 Å². The molecule has 7 heteroatoms. The molecule has 1 unspecified atom stereocenters. The average molecular weight is 532 g/mol. The molecule has 37 heavy (non-hydrogen) atoms. The number of rotatable bonds is 9. The number of ether oxygens (including phenoxy) is 1. The van der Waals surface area contributed by atoms with Crippen LogP contribution in [0.5, 0.6) is 5.75 Å². The number of hydrogen-bond donors (Lipinski definition) is 2. The number of benzene rings is 4. The van der Waals surface area contributed by atoms with Gasteiger partial charge in [0.05, 0.1) is 4.90 Å². The molecular weight excluding hydrogens is 502 g/mol. The Balaban J connectivity index is 1.41. The van der Waals surface area contributed by atoms with E-state index < -0.39 is 10.8 Å². The van der Waals surface area contributed by atoms with Gasteiger partial charge in [-0.3, -0.25) is 10.3 Å². The number of likely N-dealkylation sites (tertiary alicyclic amines) is 1. The largest absolute Gasteiger partial charge is 0.492 e. The fourth-order valence-corrected chi connectivity index (χ4v) is 6.05. The molecule has 0 radical (unpaired) electrons. The van der Waals surface area contributed by atoms with E-state index in [1.54, 1.807) is 0 Å². The monoisotopic (exact) mass is 531 g/mol. The van der Waals surface area contributed by atoms with E-state index in [1.165, 1.54) is 12.8 Å². The van der Waals surface area contributed by atoms with Crippen LogP contribution in [0.25, 0.3) is 10.8 Å². The molecule has 4 aromatic rings. The third-order valence-electron chi connectivity index (χ3n) is 6.62. The molecule has 1 atom stereocenters. The second-order valence-corrected chi connectivity index (χ2v) is 11.0. The first kappa shape index (κ1) is 25.5. The summed E-state index contributed by atoms with van der Waals surface area (Å²) in [5.74, 6) is 0.669. The highest BCUT2D eigenvalue weighted by Crippen LogP contribution is 2.29. The number of nitrogens with one attached hydrogen (secondary N) is 2. The summed E-state index contributed by atoms with van der Waals surface area (Å²) >= 11 is 6.16. The second-order valence-electron chi connectivity index (χ2n) is 9.16. The highest BCUT2D eigenvalue weighted by atomic mass is 35.5. The Hall–Kier alpha value is -3.19. The zero-order valence-corrected chi connectivity index (χ0v) is 22.2. The third-order valence-corrected chi connectivity index (χ3v) is 8.20. The summed E-state index contributed by atoms with van der Waals surface area (Å²) < 4.78 is 19.8. The smallest absolute Gasteiger partial charge is 0.133 e. The number of fused-ring (bicyclic) bond motifs is 1. The number of nitrogens with zero attached hydrogens (tertiary/aromatic N) is 1. The van der Waals surface area contributed by atoms with Gasteiger partial charge in [-0.1, -0.05) is 60.1 Å². The van der Waals surface area contributed by atoms with Gasteiger partial charge < -0.3 is 10.1 Å². The Morgan fingerprint density at radius 2 is 1.76 bits per heavy atom. The van der Waals surface area contributed by atoms with Crippen LogP contribution >= 0.6 is 11.6 Å². The molecular formula is C30H30ClN3O2S. The fourth-order valence-electron chi connectivity index (χ4n) is 4.67. The van der Waals surface area contributed by atoms with Gasteiger partial charge in [-0.05, 0) is 78.7 Å². The van der Waals surface area contributed by atoms with Gasteiger partial charge in [-0.2, -0.15) is 0 Å². The lowest BCUT2D eigenvalue weighted by molar-refractivity contribution is 0.238. The van der Waals surface area contributed by atoms with E-state index in [-0.39, 0.29) is 5.04 Å². The first-order valence-electron chi connectivity index (χ1n) is 12.5. The molecule has 190 valence electrons. The van der Waals surface area contributed by atoms with E-state index >= 15 is 0 Å². The lowest BCUT2D eigenvalue weighted by atomic mass is 10.1. The van der Waals surface area contributed by atoms with Crippen molar-refractivity contribution in [3.63, 3.8) is 0 Å². The van der Waals surface area contributed by atoms with Crippen molar-refractivity contribution in [1.82, 2.24) is 4.90 Å². The first-order valence-corrected chi connectivity index (χ1v) is 14.1. The van der Waals surface area contributed by atoms with Crippen LogP contribution in [0, 0.1) is 5.41 Å². The van der Waals surface area contributed by atoms with Crippen LogP contribution < -0.4 is 10.1 Å². The molecule has 0 aliphatic carbocycles. The molecule has 0 bridgehead atoms. The lowest BCUT2D eigenvalue weighted by Crippen LogP contribution is -2.25. The molecule has 0 aromatic heterocycles. The standard InChI is InChI=1S/C30H30ClN3O2S/c31-24-10-5-7-22(19-24)21-33-28-14-13-25(36-18-17-34-15-3-4-16-34)20-27(28)30(32)37(35)29-12-6-9-23-8-1-2-11-26(23)29/h1-2,5-14,19-20,32-33H,3-4,15-18,21H2. The van der Waals surface area contributed by atoms with Gasteiger partial charge >= 0.3 is 0 Å². The minimum absolute atomic E-state index is 0.0370. The molecule has 1 aliphatic rings. The van der Waals surface area contributed by atoms with E-state index in [0.29, 0.717) is 34.4 Å². The summed E-state index contributed by atoms with van der Waals surface area (Å²) in [6.07, 6.45) is 2.49. The quantitative estimate of drug-likeness (QED) is 0.186. The Labute approximate surface area is 225 Å². The van der Waals surface area contributed by atoms with Crippen LogP contribution in [0.1, 0.15) is 24.0 Å². The lowest BCUT2D eigenvalue weighted by Gasteiger charge is -2.17. The van der Waals surface area contributed by atoms with Crippen LogP contribution in [0.2, 0.25) is 5.02 Å². The maximum absolute atomic E-state index is 13.7. The second kappa shape index (κ2) is 11.9. The molecule has 1 saturated heterocycles. The van der Waals surface area contributed by atoms with Crippen LogP contribution in [-0.2, 0) is 17.3 Å².